The van der Waals surface area contributed by atoms with Gasteiger partial charge in [-0.05, 0) is 82.3 Å². The van der Waals surface area contributed by atoms with E-state index < -0.39 is 12.0 Å². The van der Waals surface area contributed by atoms with Crippen molar-refractivity contribution in [3.05, 3.63) is 71.3 Å². The third kappa shape index (κ3) is 4.41. The van der Waals surface area contributed by atoms with Crippen molar-refractivity contribution < 1.29 is 10.2 Å². The van der Waals surface area contributed by atoms with Crippen LogP contribution in [0.3, 0.4) is 0 Å². The summed E-state index contributed by atoms with van der Waals surface area (Å²) in [6.45, 7) is 1.87. The maximum atomic E-state index is 11.6. The SMILES string of the molecule is CN(C)[C@]1(c2ccccc2)CC[C@]2(CC1)CN(Cc1cccc(C#N)c1)C(O)N2CC1(O)CCC1. The Bertz CT molecular complexity index is 1070. The number of nitriles is 1. The Balaban J connectivity index is 1.42. The Morgan fingerprint density at radius 1 is 1.00 bits per heavy atom. The quantitative estimate of drug-likeness (QED) is 0.666. The van der Waals surface area contributed by atoms with Crippen LogP contribution in [0, 0.1) is 11.3 Å². The van der Waals surface area contributed by atoms with Gasteiger partial charge in [-0.2, -0.15) is 5.26 Å². The maximum absolute atomic E-state index is 11.6. The van der Waals surface area contributed by atoms with Crippen LogP contribution in [-0.2, 0) is 12.1 Å². The number of aliphatic hydroxyl groups is 2. The normalized spacial score (nSPS) is 30.9. The summed E-state index contributed by atoms with van der Waals surface area (Å²) in [6, 6.07) is 20.7. The van der Waals surface area contributed by atoms with Gasteiger partial charge in [0.1, 0.15) is 0 Å². The summed E-state index contributed by atoms with van der Waals surface area (Å²) in [5, 5.41) is 32.0. The molecule has 1 saturated heterocycles. The lowest BCUT2D eigenvalue weighted by molar-refractivity contribution is -0.145. The van der Waals surface area contributed by atoms with Crippen LogP contribution in [0.25, 0.3) is 0 Å². The molecule has 0 aromatic heterocycles. The van der Waals surface area contributed by atoms with E-state index in [1.165, 1.54) is 5.56 Å². The van der Waals surface area contributed by atoms with Gasteiger partial charge in [0.15, 0.2) is 6.35 Å². The molecule has 2 saturated carbocycles. The average Bonchev–Trinajstić information content (AvgIpc) is 3.09. The molecule has 1 unspecified atom stereocenters. The summed E-state index contributed by atoms with van der Waals surface area (Å²) in [5.74, 6) is 0. The summed E-state index contributed by atoms with van der Waals surface area (Å²) in [6.07, 6.45) is 5.85. The van der Waals surface area contributed by atoms with E-state index in [2.05, 4.69) is 65.2 Å². The largest absolute Gasteiger partial charge is 0.389 e. The minimum atomic E-state index is -0.742. The standard InChI is InChI=1S/C29H38N4O2/c1-31(2)29(25-10-4-3-5-11-25)16-14-27(15-17-29)21-32(20-24-9-6-8-23(18-24)19-30)26(34)33(27)22-28(35)12-7-13-28/h3-6,8-11,18,26,34-35H,7,12-17,20-22H2,1-2H3/t26?,27-,29+. The van der Waals surface area contributed by atoms with Gasteiger partial charge < -0.3 is 10.2 Å². The summed E-state index contributed by atoms with van der Waals surface area (Å²) < 4.78 is 0. The highest BCUT2D eigenvalue weighted by Crippen LogP contribution is 2.50. The van der Waals surface area contributed by atoms with Crippen LogP contribution in [0.2, 0.25) is 0 Å². The molecule has 2 N–H and O–H groups in total. The number of hydrogen-bond acceptors (Lipinski definition) is 6. The molecule has 35 heavy (non-hydrogen) atoms. The molecule has 6 heteroatoms. The maximum Gasteiger partial charge on any atom is 0.166 e. The lowest BCUT2D eigenvalue weighted by Crippen LogP contribution is -2.60. The monoisotopic (exact) mass is 474 g/mol. The van der Waals surface area contributed by atoms with Crippen LogP contribution in [0.5, 0.6) is 0 Å². The van der Waals surface area contributed by atoms with Gasteiger partial charge in [-0.15, -0.1) is 0 Å². The first-order chi connectivity index (χ1) is 16.8. The number of nitrogens with zero attached hydrogens (tertiary/aromatic N) is 4. The highest BCUT2D eigenvalue weighted by molar-refractivity contribution is 5.33. The molecule has 5 rings (SSSR count). The van der Waals surface area contributed by atoms with Gasteiger partial charge in [0.05, 0.1) is 17.2 Å². The molecule has 1 heterocycles. The average molecular weight is 475 g/mol. The highest BCUT2D eigenvalue weighted by Gasteiger charge is 2.56. The molecule has 1 atom stereocenters. The molecule has 0 amide bonds. The Morgan fingerprint density at radius 2 is 1.71 bits per heavy atom. The fraction of sp³-hybridized carbons (Fsp3) is 0.552. The van der Waals surface area contributed by atoms with Gasteiger partial charge in [0, 0.05) is 30.7 Å². The number of hydrogen-bond donors (Lipinski definition) is 2. The van der Waals surface area contributed by atoms with E-state index in [0.717, 1.165) is 57.1 Å². The number of benzene rings is 2. The van der Waals surface area contributed by atoms with Crippen molar-refractivity contribution in [1.82, 2.24) is 14.7 Å². The van der Waals surface area contributed by atoms with Crippen molar-refractivity contribution in [2.75, 3.05) is 27.2 Å². The van der Waals surface area contributed by atoms with Crippen molar-refractivity contribution in [2.24, 2.45) is 0 Å². The zero-order chi connectivity index (χ0) is 24.7. The Kier molecular flexibility index (Phi) is 6.50. The minimum Gasteiger partial charge on any atom is -0.389 e. The zero-order valence-corrected chi connectivity index (χ0v) is 21.0. The van der Waals surface area contributed by atoms with Gasteiger partial charge in [-0.1, -0.05) is 42.5 Å². The Morgan fingerprint density at radius 3 is 2.31 bits per heavy atom. The molecule has 0 bridgehead atoms. The number of β-amino-alcohol motifs (C(OH)–C–C–N with tert-alkyl or cyclic N) is 1. The molecule has 1 aliphatic heterocycles. The first-order valence-corrected chi connectivity index (χ1v) is 12.9. The molecular weight excluding hydrogens is 436 g/mol. The zero-order valence-electron chi connectivity index (χ0n) is 21.0. The second-order valence-electron chi connectivity index (χ2n) is 11.3. The smallest absolute Gasteiger partial charge is 0.166 e. The molecule has 2 aromatic carbocycles. The number of aliphatic hydroxyl groups excluding tert-OH is 1. The molecule has 6 nitrogen and oxygen atoms in total. The minimum absolute atomic E-state index is 0.0228. The van der Waals surface area contributed by atoms with Crippen molar-refractivity contribution in [3.63, 3.8) is 0 Å². The lowest BCUT2D eigenvalue weighted by atomic mass is 9.67. The van der Waals surface area contributed by atoms with Gasteiger partial charge >= 0.3 is 0 Å². The van der Waals surface area contributed by atoms with Crippen LogP contribution in [-0.4, -0.2) is 69.6 Å². The first-order valence-electron chi connectivity index (χ1n) is 12.9. The third-order valence-corrected chi connectivity index (χ3v) is 9.08. The Labute approximate surface area is 209 Å². The van der Waals surface area contributed by atoms with Crippen LogP contribution in [0.4, 0.5) is 0 Å². The lowest BCUT2D eigenvalue weighted by Gasteiger charge is -2.53. The molecule has 3 fully saturated rings. The predicted octanol–water partition coefficient (Wildman–Crippen LogP) is 3.64. The van der Waals surface area contributed by atoms with Gasteiger partial charge in [-0.25, -0.2) is 0 Å². The van der Waals surface area contributed by atoms with Crippen molar-refractivity contribution >= 4 is 0 Å². The van der Waals surface area contributed by atoms with E-state index >= 15 is 0 Å². The van der Waals surface area contributed by atoms with Crippen molar-refractivity contribution in [1.29, 1.82) is 5.26 Å². The predicted molar refractivity (Wildman–Crippen MR) is 136 cm³/mol. The van der Waals surface area contributed by atoms with E-state index in [4.69, 9.17) is 0 Å². The fourth-order valence-electron chi connectivity index (χ4n) is 6.73. The molecular formula is C29H38N4O2. The second-order valence-corrected chi connectivity index (χ2v) is 11.3. The topological polar surface area (TPSA) is 74.0 Å². The molecule has 2 aromatic rings. The molecule has 0 radical (unpaired) electrons. The number of rotatable bonds is 6. The van der Waals surface area contributed by atoms with Crippen LogP contribution in [0.15, 0.2) is 54.6 Å². The Hall–Kier alpha value is -2.27. The van der Waals surface area contributed by atoms with Gasteiger partial charge in [0.25, 0.3) is 0 Å². The first kappa shape index (κ1) is 24.4. The van der Waals surface area contributed by atoms with E-state index in [0.29, 0.717) is 18.7 Å². The molecule has 2 aliphatic carbocycles. The fourth-order valence-corrected chi connectivity index (χ4v) is 6.73. The van der Waals surface area contributed by atoms with Crippen LogP contribution < -0.4 is 0 Å². The van der Waals surface area contributed by atoms with Crippen molar-refractivity contribution in [2.45, 2.75) is 74.5 Å². The molecule has 1 spiro atoms. The third-order valence-electron chi connectivity index (χ3n) is 9.08. The van der Waals surface area contributed by atoms with Crippen molar-refractivity contribution in [3.8, 4) is 6.07 Å². The van der Waals surface area contributed by atoms with Crippen LogP contribution >= 0.6 is 0 Å². The van der Waals surface area contributed by atoms with Gasteiger partial charge in [-0.3, -0.25) is 14.7 Å². The summed E-state index contributed by atoms with van der Waals surface area (Å²) in [4.78, 5) is 6.71. The van der Waals surface area contributed by atoms with Crippen LogP contribution in [0.1, 0.15) is 61.6 Å². The van der Waals surface area contributed by atoms with E-state index in [1.54, 1.807) is 0 Å². The summed E-state index contributed by atoms with van der Waals surface area (Å²) in [5.41, 5.74) is 2.14. The molecule has 186 valence electrons. The van der Waals surface area contributed by atoms with E-state index in [9.17, 15) is 15.5 Å². The summed E-state index contributed by atoms with van der Waals surface area (Å²) >= 11 is 0. The molecule has 3 aliphatic rings. The van der Waals surface area contributed by atoms with E-state index in [1.807, 2.05) is 24.3 Å². The van der Waals surface area contributed by atoms with Gasteiger partial charge in [0.2, 0.25) is 0 Å². The summed E-state index contributed by atoms with van der Waals surface area (Å²) in [7, 11) is 4.36. The highest BCUT2D eigenvalue weighted by atomic mass is 16.3. The van der Waals surface area contributed by atoms with E-state index in [-0.39, 0.29) is 11.1 Å². The second kappa shape index (κ2) is 9.31.